The molecule has 2 N–H and O–H groups in total. The third-order valence-electron chi connectivity index (χ3n) is 2.02. The molecule has 2 heterocycles. The summed E-state index contributed by atoms with van der Waals surface area (Å²) in [5.74, 6) is 1.63. The van der Waals surface area contributed by atoms with Crippen molar-refractivity contribution in [1.82, 2.24) is 4.98 Å². The summed E-state index contributed by atoms with van der Waals surface area (Å²) in [5.41, 5.74) is 5.96. The zero-order chi connectivity index (χ0) is 10.2. The van der Waals surface area contributed by atoms with Crippen molar-refractivity contribution in [2.75, 3.05) is 17.2 Å². The van der Waals surface area contributed by atoms with Gasteiger partial charge in [-0.25, -0.2) is 9.19 Å². The summed E-state index contributed by atoms with van der Waals surface area (Å²) in [6, 6.07) is 1.56. The van der Waals surface area contributed by atoms with E-state index < -0.39 is 9.73 Å². The van der Waals surface area contributed by atoms with Crippen LogP contribution in [0.5, 0.6) is 0 Å². The topological polar surface area (TPSA) is 68.3 Å². The molecule has 6 heteroatoms. The molecule has 1 aromatic heterocycles. The minimum atomic E-state index is -2.04. The maximum Gasteiger partial charge on any atom is 0.180 e. The Morgan fingerprint density at radius 2 is 2.29 bits per heavy atom. The lowest BCUT2D eigenvalue weighted by atomic mass is 10.4. The molecule has 0 aliphatic carbocycles. The first-order valence-electron chi connectivity index (χ1n) is 4.23. The van der Waals surface area contributed by atoms with Gasteiger partial charge in [-0.1, -0.05) is 11.6 Å². The Bertz CT molecular complexity index is 469. The van der Waals surface area contributed by atoms with Crippen LogP contribution in [0.4, 0.5) is 11.5 Å². The molecule has 14 heavy (non-hydrogen) atoms. The van der Waals surface area contributed by atoms with Crippen LogP contribution in [-0.4, -0.2) is 20.7 Å². The summed E-state index contributed by atoms with van der Waals surface area (Å²) in [7, 11) is -2.04. The fourth-order valence-electron chi connectivity index (χ4n) is 1.15. The Kier molecular flexibility index (Phi) is 2.36. The molecule has 1 aliphatic rings. The molecule has 1 aliphatic heterocycles. The summed E-state index contributed by atoms with van der Waals surface area (Å²) in [4.78, 5) is 3.94. The standard InChI is InChI=1S/C8H10ClN3OS/c9-7-4-6(10)5-11-8(7)12-14(13)2-1-3-14/h4-5H,1-3,10H2. The molecule has 2 rings (SSSR count). The molecular formula is C8H10ClN3OS. The molecule has 0 atom stereocenters. The van der Waals surface area contributed by atoms with Gasteiger partial charge in [0, 0.05) is 11.5 Å². The molecule has 0 amide bonds. The summed E-state index contributed by atoms with van der Waals surface area (Å²) in [5, 5.41) is 0.361. The van der Waals surface area contributed by atoms with Crippen LogP contribution in [0.15, 0.2) is 16.6 Å². The van der Waals surface area contributed by atoms with Gasteiger partial charge in [0.15, 0.2) is 5.82 Å². The summed E-state index contributed by atoms with van der Waals surface area (Å²) < 4.78 is 15.8. The smallest absolute Gasteiger partial charge is 0.180 e. The van der Waals surface area contributed by atoms with Gasteiger partial charge < -0.3 is 5.73 Å². The molecule has 0 radical (unpaired) electrons. The van der Waals surface area contributed by atoms with E-state index in [0.717, 1.165) is 6.42 Å². The number of nitrogens with zero attached hydrogens (tertiary/aromatic N) is 2. The highest BCUT2D eigenvalue weighted by molar-refractivity contribution is 7.95. The maximum atomic E-state index is 11.8. The van der Waals surface area contributed by atoms with Crippen molar-refractivity contribution in [1.29, 1.82) is 0 Å². The number of hydrogen-bond donors (Lipinski definition) is 1. The maximum absolute atomic E-state index is 11.8. The number of anilines is 1. The van der Waals surface area contributed by atoms with Crippen molar-refractivity contribution in [2.45, 2.75) is 6.42 Å². The van der Waals surface area contributed by atoms with Gasteiger partial charge in [-0.05, 0) is 12.5 Å². The fraction of sp³-hybridized carbons (Fsp3) is 0.375. The molecule has 4 nitrogen and oxygen atoms in total. The van der Waals surface area contributed by atoms with Gasteiger partial charge in [-0.2, -0.15) is 4.36 Å². The molecule has 0 unspecified atom stereocenters. The van der Waals surface area contributed by atoms with Crippen LogP contribution in [-0.2, 0) is 9.73 Å². The molecule has 1 fully saturated rings. The minimum Gasteiger partial charge on any atom is -0.397 e. The van der Waals surface area contributed by atoms with Crippen molar-refractivity contribution in [2.24, 2.45) is 4.36 Å². The Labute approximate surface area is 87.7 Å². The monoisotopic (exact) mass is 231 g/mol. The van der Waals surface area contributed by atoms with Crippen molar-refractivity contribution in [3.05, 3.63) is 17.3 Å². The fourth-order valence-corrected chi connectivity index (χ4v) is 2.85. The van der Waals surface area contributed by atoms with Crippen LogP contribution in [0, 0.1) is 0 Å². The van der Waals surface area contributed by atoms with E-state index in [9.17, 15) is 4.21 Å². The van der Waals surface area contributed by atoms with E-state index in [1.54, 1.807) is 6.07 Å². The van der Waals surface area contributed by atoms with E-state index >= 15 is 0 Å². The van der Waals surface area contributed by atoms with Crippen LogP contribution in [0.1, 0.15) is 6.42 Å². The summed E-state index contributed by atoms with van der Waals surface area (Å²) >= 11 is 5.85. The predicted octanol–water partition coefficient (Wildman–Crippen LogP) is 1.82. The number of aromatic nitrogens is 1. The van der Waals surface area contributed by atoms with E-state index in [4.69, 9.17) is 17.3 Å². The average Bonchev–Trinajstić information content (AvgIpc) is 2.07. The van der Waals surface area contributed by atoms with Crippen LogP contribution < -0.4 is 5.73 Å². The number of rotatable bonds is 1. The van der Waals surface area contributed by atoms with Crippen LogP contribution >= 0.6 is 11.6 Å². The summed E-state index contributed by atoms with van der Waals surface area (Å²) in [6.07, 6.45) is 2.43. The van der Waals surface area contributed by atoms with E-state index in [2.05, 4.69) is 9.35 Å². The normalized spacial score (nSPS) is 18.6. The molecular weight excluding hydrogens is 222 g/mol. The number of pyridine rings is 1. The van der Waals surface area contributed by atoms with Crippen LogP contribution in [0.25, 0.3) is 0 Å². The first-order chi connectivity index (χ1) is 6.59. The van der Waals surface area contributed by atoms with Crippen LogP contribution in [0.2, 0.25) is 5.02 Å². The molecule has 0 aromatic carbocycles. The first kappa shape index (κ1) is 9.73. The first-order valence-corrected chi connectivity index (χ1v) is 6.46. The highest BCUT2D eigenvalue weighted by Gasteiger charge is 2.20. The summed E-state index contributed by atoms with van der Waals surface area (Å²) in [6.45, 7) is 0. The lowest BCUT2D eigenvalue weighted by molar-refractivity contribution is 0.663. The van der Waals surface area contributed by atoms with Gasteiger partial charge >= 0.3 is 0 Å². The van der Waals surface area contributed by atoms with Gasteiger partial charge in [-0.3, -0.25) is 0 Å². The molecule has 76 valence electrons. The van der Waals surface area contributed by atoms with E-state index in [1.165, 1.54) is 6.20 Å². The number of nitrogens with two attached hydrogens (primary N) is 1. The lowest BCUT2D eigenvalue weighted by Gasteiger charge is -2.17. The Morgan fingerprint density at radius 3 is 2.79 bits per heavy atom. The number of hydrogen-bond acceptors (Lipinski definition) is 4. The van der Waals surface area contributed by atoms with Crippen molar-refractivity contribution >= 4 is 32.8 Å². The highest BCUT2D eigenvalue weighted by atomic mass is 35.5. The van der Waals surface area contributed by atoms with E-state index in [0.29, 0.717) is 28.0 Å². The van der Waals surface area contributed by atoms with Gasteiger partial charge in [0.05, 0.1) is 26.6 Å². The SMILES string of the molecule is Nc1cnc(N=S2(=O)CCC2)c(Cl)c1. The largest absolute Gasteiger partial charge is 0.397 e. The van der Waals surface area contributed by atoms with Gasteiger partial charge in [-0.15, -0.1) is 0 Å². The highest BCUT2D eigenvalue weighted by Crippen LogP contribution is 2.27. The quantitative estimate of drug-likeness (QED) is 0.802. The molecule has 1 aromatic rings. The second kappa shape index (κ2) is 3.40. The second-order valence-corrected chi connectivity index (χ2v) is 6.15. The lowest BCUT2D eigenvalue weighted by Crippen LogP contribution is -2.23. The zero-order valence-corrected chi connectivity index (χ0v) is 9.01. The minimum absolute atomic E-state index is 0.338. The number of halogens is 1. The number of nitrogen functional groups attached to an aromatic ring is 1. The van der Waals surface area contributed by atoms with Gasteiger partial charge in [0.2, 0.25) is 0 Å². The van der Waals surface area contributed by atoms with Gasteiger partial charge in [0.1, 0.15) is 0 Å². The van der Waals surface area contributed by atoms with Crippen molar-refractivity contribution in [3.8, 4) is 0 Å². The van der Waals surface area contributed by atoms with E-state index in [1.807, 2.05) is 0 Å². The van der Waals surface area contributed by atoms with Crippen LogP contribution in [0.3, 0.4) is 0 Å². The van der Waals surface area contributed by atoms with Crippen molar-refractivity contribution < 1.29 is 4.21 Å². The molecule has 0 saturated carbocycles. The molecule has 1 saturated heterocycles. The predicted molar refractivity (Wildman–Crippen MR) is 58.2 cm³/mol. The van der Waals surface area contributed by atoms with E-state index in [-0.39, 0.29) is 0 Å². The third kappa shape index (κ3) is 1.83. The Balaban J connectivity index is 2.43. The van der Waals surface area contributed by atoms with Gasteiger partial charge in [0.25, 0.3) is 0 Å². The van der Waals surface area contributed by atoms with Crippen molar-refractivity contribution in [3.63, 3.8) is 0 Å². The second-order valence-electron chi connectivity index (χ2n) is 3.20. The molecule has 0 bridgehead atoms. The molecule has 0 spiro atoms. The zero-order valence-electron chi connectivity index (χ0n) is 7.44. The third-order valence-corrected chi connectivity index (χ3v) is 4.66. The Morgan fingerprint density at radius 1 is 1.57 bits per heavy atom. The Hall–Kier alpha value is -0.810. The average molecular weight is 232 g/mol.